The van der Waals surface area contributed by atoms with Crippen LogP contribution in [0.1, 0.15) is 33.6 Å². The Labute approximate surface area is 106 Å². The van der Waals surface area contributed by atoms with E-state index in [1.54, 1.807) is 20.8 Å². The molecule has 1 unspecified atom stereocenters. The molecule has 98 valence electrons. The lowest BCUT2D eigenvalue weighted by atomic mass is 10.1. The summed E-state index contributed by atoms with van der Waals surface area (Å²) in [6.07, 6.45) is 2.09. The van der Waals surface area contributed by atoms with Gasteiger partial charge in [0.1, 0.15) is 6.04 Å². The highest BCUT2D eigenvalue weighted by molar-refractivity contribution is 8.02. The summed E-state index contributed by atoms with van der Waals surface area (Å²) >= 11 is 1.30. The Morgan fingerprint density at radius 1 is 1.47 bits per heavy atom. The van der Waals surface area contributed by atoms with Gasteiger partial charge in [0, 0.05) is 10.8 Å². The van der Waals surface area contributed by atoms with Crippen molar-refractivity contribution in [2.45, 2.75) is 55.7 Å². The average molecular weight is 260 g/mol. The van der Waals surface area contributed by atoms with Gasteiger partial charge in [0.05, 0.1) is 5.25 Å². The highest BCUT2D eigenvalue weighted by atomic mass is 32.2. The number of carbonyl (C=O) groups excluding carboxylic acids is 1. The Morgan fingerprint density at radius 3 is 2.41 bits per heavy atom. The summed E-state index contributed by atoms with van der Waals surface area (Å²) in [6.45, 7) is 5.27. The van der Waals surface area contributed by atoms with Gasteiger partial charge in [-0.25, -0.2) is 0 Å². The van der Waals surface area contributed by atoms with E-state index in [1.807, 2.05) is 0 Å². The van der Waals surface area contributed by atoms with Gasteiger partial charge in [0.25, 0.3) is 0 Å². The normalized spacial score (nSPS) is 19.5. The van der Waals surface area contributed by atoms with Crippen molar-refractivity contribution in [2.75, 3.05) is 0 Å². The summed E-state index contributed by atoms with van der Waals surface area (Å²) in [5, 5.41) is 11.5. The summed E-state index contributed by atoms with van der Waals surface area (Å²) in [7, 11) is 0. The van der Waals surface area contributed by atoms with Crippen molar-refractivity contribution in [3.05, 3.63) is 0 Å². The molecule has 0 aromatic heterocycles. The van der Waals surface area contributed by atoms with Crippen molar-refractivity contribution < 1.29 is 14.7 Å². The van der Waals surface area contributed by atoms with E-state index >= 15 is 0 Å². The first-order valence-electron chi connectivity index (χ1n) is 5.70. The number of carboxylic acid groups (broad SMARTS) is 1. The summed E-state index contributed by atoms with van der Waals surface area (Å²) in [5.41, 5.74) is 5.60. The summed E-state index contributed by atoms with van der Waals surface area (Å²) in [4.78, 5) is 22.6. The monoisotopic (exact) mass is 260 g/mol. The first-order chi connectivity index (χ1) is 7.74. The number of carboxylic acids is 1. The van der Waals surface area contributed by atoms with Gasteiger partial charge in [-0.2, -0.15) is 0 Å². The molecule has 0 radical (unpaired) electrons. The largest absolute Gasteiger partial charge is 0.480 e. The van der Waals surface area contributed by atoms with E-state index < -0.39 is 16.8 Å². The number of rotatable bonds is 6. The first-order valence-corrected chi connectivity index (χ1v) is 6.58. The molecule has 17 heavy (non-hydrogen) atoms. The standard InChI is InChI=1S/C11H20N2O3S/c1-6(9(14)13-7-4-5-7)17-11(2,3)8(12)10(15)16/h6-8H,4-5,12H2,1-3H3,(H,13,14)(H,15,16)/t6?,8-/m0/s1. The van der Waals surface area contributed by atoms with E-state index in [2.05, 4.69) is 5.32 Å². The Bertz CT molecular complexity index is 316. The number of carbonyl (C=O) groups is 2. The summed E-state index contributed by atoms with van der Waals surface area (Å²) in [6, 6.07) is -0.662. The number of amides is 1. The fraction of sp³-hybridized carbons (Fsp3) is 0.818. The number of nitrogens with one attached hydrogen (secondary N) is 1. The minimum atomic E-state index is -1.04. The maximum atomic E-state index is 11.7. The van der Waals surface area contributed by atoms with Crippen LogP contribution in [0.25, 0.3) is 0 Å². The second-order valence-corrected chi connectivity index (χ2v) is 6.96. The van der Waals surface area contributed by atoms with Gasteiger partial charge in [-0.1, -0.05) is 0 Å². The molecule has 1 saturated carbocycles. The van der Waals surface area contributed by atoms with E-state index in [4.69, 9.17) is 10.8 Å². The molecule has 1 fully saturated rings. The minimum Gasteiger partial charge on any atom is -0.480 e. The molecule has 4 N–H and O–H groups in total. The summed E-state index contributed by atoms with van der Waals surface area (Å²) in [5.74, 6) is -1.08. The van der Waals surface area contributed by atoms with Crippen molar-refractivity contribution >= 4 is 23.6 Å². The number of nitrogens with two attached hydrogens (primary N) is 1. The van der Waals surface area contributed by atoms with Gasteiger partial charge in [-0.3, -0.25) is 9.59 Å². The topological polar surface area (TPSA) is 92.4 Å². The van der Waals surface area contributed by atoms with E-state index in [1.165, 1.54) is 11.8 Å². The molecule has 0 saturated heterocycles. The van der Waals surface area contributed by atoms with E-state index in [0.717, 1.165) is 12.8 Å². The number of aliphatic carboxylic acids is 1. The fourth-order valence-corrected chi connectivity index (χ4v) is 2.76. The fourth-order valence-electron chi connectivity index (χ4n) is 1.43. The second kappa shape index (κ2) is 5.27. The van der Waals surface area contributed by atoms with Crippen molar-refractivity contribution in [2.24, 2.45) is 5.73 Å². The van der Waals surface area contributed by atoms with Crippen molar-refractivity contribution in [1.29, 1.82) is 0 Å². The lowest BCUT2D eigenvalue weighted by Gasteiger charge is -2.30. The maximum absolute atomic E-state index is 11.7. The second-order valence-electron chi connectivity index (χ2n) is 4.96. The molecule has 1 aliphatic carbocycles. The third-order valence-electron chi connectivity index (χ3n) is 2.79. The van der Waals surface area contributed by atoms with Crippen molar-refractivity contribution in [3.8, 4) is 0 Å². The maximum Gasteiger partial charge on any atom is 0.321 e. The molecule has 0 aliphatic heterocycles. The third kappa shape index (κ3) is 4.20. The van der Waals surface area contributed by atoms with Gasteiger partial charge in [0.15, 0.2) is 0 Å². The lowest BCUT2D eigenvalue weighted by molar-refractivity contribution is -0.139. The molecule has 5 nitrogen and oxygen atoms in total. The third-order valence-corrected chi connectivity index (χ3v) is 4.22. The number of thioether (sulfide) groups is 1. The van der Waals surface area contributed by atoms with Crippen LogP contribution in [0.3, 0.4) is 0 Å². The smallest absolute Gasteiger partial charge is 0.321 e. The Balaban J connectivity index is 2.49. The van der Waals surface area contributed by atoms with Crippen molar-refractivity contribution in [3.63, 3.8) is 0 Å². The van der Waals surface area contributed by atoms with Gasteiger partial charge >= 0.3 is 5.97 Å². The van der Waals surface area contributed by atoms with E-state index in [9.17, 15) is 9.59 Å². The number of hydrogen-bond donors (Lipinski definition) is 3. The van der Waals surface area contributed by atoms with Crippen LogP contribution in [0.5, 0.6) is 0 Å². The molecule has 0 spiro atoms. The molecular formula is C11H20N2O3S. The van der Waals surface area contributed by atoms with E-state index in [0.29, 0.717) is 6.04 Å². The van der Waals surface area contributed by atoms with Crippen LogP contribution in [-0.2, 0) is 9.59 Å². The van der Waals surface area contributed by atoms with Crippen LogP contribution in [0.15, 0.2) is 0 Å². The molecular weight excluding hydrogens is 240 g/mol. The van der Waals surface area contributed by atoms with E-state index in [-0.39, 0.29) is 11.2 Å². The average Bonchev–Trinajstić information content (AvgIpc) is 2.99. The lowest BCUT2D eigenvalue weighted by Crippen LogP contribution is -2.48. The molecule has 2 atom stereocenters. The van der Waals surface area contributed by atoms with Crippen LogP contribution >= 0.6 is 11.8 Å². The molecule has 1 rings (SSSR count). The molecule has 6 heteroatoms. The predicted molar refractivity (Wildman–Crippen MR) is 67.9 cm³/mol. The van der Waals surface area contributed by atoms with Crippen LogP contribution in [-0.4, -0.2) is 39.1 Å². The van der Waals surface area contributed by atoms with Gasteiger partial charge < -0.3 is 16.2 Å². The van der Waals surface area contributed by atoms with Gasteiger partial charge in [-0.15, -0.1) is 11.8 Å². The quantitative estimate of drug-likeness (QED) is 0.649. The molecule has 0 aromatic rings. The van der Waals surface area contributed by atoms with Crippen LogP contribution in [0, 0.1) is 0 Å². The molecule has 1 amide bonds. The zero-order chi connectivity index (χ0) is 13.2. The van der Waals surface area contributed by atoms with Crippen molar-refractivity contribution in [1.82, 2.24) is 5.32 Å². The zero-order valence-electron chi connectivity index (χ0n) is 10.4. The number of hydrogen-bond acceptors (Lipinski definition) is 4. The van der Waals surface area contributed by atoms with Crippen LogP contribution in [0.2, 0.25) is 0 Å². The highest BCUT2D eigenvalue weighted by Crippen LogP contribution is 2.32. The van der Waals surface area contributed by atoms with Gasteiger partial charge in [0.2, 0.25) is 5.91 Å². The SMILES string of the molecule is CC(SC(C)(C)[C@@H](N)C(=O)O)C(=O)NC1CC1. The minimum absolute atomic E-state index is 0.0387. The Hall–Kier alpha value is -0.750. The molecule has 0 heterocycles. The predicted octanol–water partition coefficient (Wildman–Crippen LogP) is 0.577. The summed E-state index contributed by atoms with van der Waals surface area (Å²) < 4.78 is -0.674. The zero-order valence-corrected chi connectivity index (χ0v) is 11.2. The van der Waals surface area contributed by atoms with Crippen LogP contribution in [0.4, 0.5) is 0 Å². The Kier molecular flexibility index (Phi) is 4.43. The molecule has 0 aromatic carbocycles. The van der Waals surface area contributed by atoms with Gasteiger partial charge in [-0.05, 0) is 33.6 Å². The molecule has 0 bridgehead atoms. The Morgan fingerprint density at radius 2 is 2.00 bits per heavy atom. The molecule has 1 aliphatic rings. The highest BCUT2D eigenvalue weighted by Gasteiger charge is 2.36. The van der Waals surface area contributed by atoms with Crippen LogP contribution < -0.4 is 11.1 Å². The first kappa shape index (κ1) is 14.3.